The highest BCUT2D eigenvalue weighted by Gasteiger charge is 2.37. The highest BCUT2D eigenvalue weighted by Crippen LogP contribution is 2.38. The SMILES string of the molecule is COc1ncc(-c2ccc(N(C(=O)NCC(F)F)C3CCC(Nc4ncc(C(F)(F)F)c(-c5nn(C)cc5Cl)n4)CC3)nc2)cn1. The molecule has 0 saturated heterocycles. The van der Waals surface area contributed by atoms with Crippen LogP contribution in [0.3, 0.4) is 0 Å². The highest BCUT2D eigenvalue weighted by molar-refractivity contribution is 6.32. The van der Waals surface area contributed by atoms with Crippen LogP contribution >= 0.6 is 11.6 Å². The number of hydrogen-bond donors (Lipinski definition) is 2. The maximum atomic E-state index is 13.8. The van der Waals surface area contributed by atoms with Gasteiger partial charge in [-0.2, -0.15) is 18.3 Å². The van der Waals surface area contributed by atoms with Gasteiger partial charge in [0.25, 0.3) is 6.43 Å². The van der Waals surface area contributed by atoms with Crippen molar-refractivity contribution in [3.8, 4) is 28.5 Å². The number of halogens is 6. The van der Waals surface area contributed by atoms with E-state index in [-0.39, 0.29) is 34.5 Å². The quantitative estimate of drug-likeness (QED) is 0.218. The van der Waals surface area contributed by atoms with Crippen LogP contribution in [-0.2, 0) is 13.2 Å². The van der Waals surface area contributed by atoms with Gasteiger partial charge in [0.15, 0.2) is 0 Å². The number of ether oxygens (including phenoxy) is 1. The van der Waals surface area contributed by atoms with Crippen molar-refractivity contribution in [3.63, 3.8) is 0 Å². The largest absolute Gasteiger partial charge is 0.467 e. The summed E-state index contributed by atoms with van der Waals surface area (Å²) < 4.78 is 73.4. The summed E-state index contributed by atoms with van der Waals surface area (Å²) in [6, 6.07) is 2.12. The van der Waals surface area contributed by atoms with Gasteiger partial charge in [0.1, 0.15) is 22.8 Å². The summed E-state index contributed by atoms with van der Waals surface area (Å²) >= 11 is 6.13. The molecule has 5 rings (SSSR count). The van der Waals surface area contributed by atoms with Gasteiger partial charge >= 0.3 is 18.2 Å². The van der Waals surface area contributed by atoms with Crippen LogP contribution in [0.2, 0.25) is 5.02 Å². The van der Waals surface area contributed by atoms with E-state index in [1.54, 1.807) is 24.5 Å². The molecule has 0 unspecified atom stereocenters. The zero-order valence-corrected chi connectivity index (χ0v) is 25.2. The number of nitrogens with zero attached hydrogens (tertiary/aromatic N) is 8. The molecule has 0 atom stereocenters. The number of alkyl halides is 5. The maximum Gasteiger partial charge on any atom is 0.420 e. The number of methoxy groups -OCH3 is 1. The number of rotatable bonds is 9. The number of amides is 2. The number of urea groups is 1. The van der Waals surface area contributed by atoms with Gasteiger partial charge in [-0.25, -0.2) is 38.5 Å². The molecular formula is C28H28ClF5N10O2. The lowest BCUT2D eigenvalue weighted by Gasteiger charge is -2.36. The summed E-state index contributed by atoms with van der Waals surface area (Å²) in [4.78, 5) is 35.0. The minimum atomic E-state index is -4.74. The zero-order valence-electron chi connectivity index (χ0n) is 24.5. The van der Waals surface area contributed by atoms with Gasteiger partial charge in [-0.15, -0.1) is 0 Å². The summed E-state index contributed by atoms with van der Waals surface area (Å²) in [7, 11) is 2.97. The van der Waals surface area contributed by atoms with Crippen molar-refractivity contribution in [1.82, 2.24) is 40.0 Å². The highest BCUT2D eigenvalue weighted by atomic mass is 35.5. The molecule has 4 heterocycles. The number of anilines is 2. The van der Waals surface area contributed by atoms with Crippen LogP contribution in [0.15, 0.2) is 43.1 Å². The first-order valence-electron chi connectivity index (χ1n) is 14.0. The van der Waals surface area contributed by atoms with E-state index in [1.807, 2.05) is 0 Å². The lowest BCUT2D eigenvalue weighted by Crippen LogP contribution is -2.50. The van der Waals surface area contributed by atoms with Crippen LogP contribution in [0.1, 0.15) is 31.2 Å². The van der Waals surface area contributed by atoms with Crippen molar-refractivity contribution in [2.24, 2.45) is 7.05 Å². The normalized spacial score (nSPS) is 16.7. The summed E-state index contributed by atoms with van der Waals surface area (Å²) in [6.45, 7) is -0.832. The Balaban J connectivity index is 1.32. The van der Waals surface area contributed by atoms with E-state index in [4.69, 9.17) is 16.3 Å². The van der Waals surface area contributed by atoms with E-state index in [0.29, 0.717) is 43.0 Å². The number of nitrogens with one attached hydrogen (secondary N) is 2. The van der Waals surface area contributed by atoms with Gasteiger partial charge in [0.2, 0.25) is 5.95 Å². The predicted octanol–water partition coefficient (Wildman–Crippen LogP) is 5.61. The zero-order chi connectivity index (χ0) is 33.0. The molecule has 12 nitrogen and oxygen atoms in total. The van der Waals surface area contributed by atoms with Crippen molar-refractivity contribution < 1.29 is 31.5 Å². The first kappa shape index (κ1) is 32.7. The summed E-state index contributed by atoms with van der Waals surface area (Å²) in [5.74, 6) is 0.212. The Bertz CT molecular complexity index is 1650. The number of carbonyl (C=O) groups is 1. The second-order valence-corrected chi connectivity index (χ2v) is 10.8. The van der Waals surface area contributed by atoms with Crippen LogP contribution in [0.5, 0.6) is 6.01 Å². The van der Waals surface area contributed by atoms with E-state index < -0.39 is 42.5 Å². The van der Waals surface area contributed by atoms with Gasteiger partial charge < -0.3 is 15.4 Å². The van der Waals surface area contributed by atoms with Crippen LogP contribution in [-0.4, -0.2) is 72.9 Å². The van der Waals surface area contributed by atoms with Crippen LogP contribution in [0.4, 0.5) is 38.5 Å². The van der Waals surface area contributed by atoms with Gasteiger partial charge in [0, 0.05) is 61.2 Å². The summed E-state index contributed by atoms with van der Waals surface area (Å²) in [5, 5.41) is 9.36. The third-order valence-corrected chi connectivity index (χ3v) is 7.54. The molecule has 18 heteroatoms. The lowest BCUT2D eigenvalue weighted by atomic mass is 9.90. The molecular weight excluding hydrogens is 639 g/mol. The smallest absolute Gasteiger partial charge is 0.420 e. The van der Waals surface area contributed by atoms with E-state index in [9.17, 15) is 26.7 Å². The van der Waals surface area contributed by atoms with Crippen molar-refractivity contribution >= 4 is 29.4 Å². The summed E-state index contributed by atoms with van der Waals surface area (Å²) in [5.41, 5.74) is -0.351. The monoisotopic (exact) mass is 666 g/mol. The molecule has 1 fully saturated rings. The van der Waals surface area contributed by atoms with Crippen LogP contribution < -0.4 is 20.3 Å². The van der Waals surface area contributed by atoms with Crippen molar-refractivity contribution in [3.05, 3.63) is 53.7 Å². The molecule has 46 heavy (non-hydrogen) atoms. The minimum Gasteiger partial charge on any atom is -0.467 e. The fraction of sp³-hybridized carbons (Fsp3) is 0.393. The average Bonchev–Trinajstić information content (AvgIpc) is 3.38. The number of hydrogen-bond acceptors (Lipinski definition) is 9. The molecule has 0 aliphatic heterocycles. The first-order chi connectivity index (χ1) is 21.9. The molecule has 0 bridgehead atoms. The molecule has 4 aromatic rings. The second-order valence-electron chi connectivity index (χ2n) is 10.4. The van der Waals surface area contributed by atoms with Gasteiger partial charge in [-0.3, -0.25) is 9.58 Å². The molecule has 2 N–H and O–H groups in total. The fourth-order valence-electron chi connectivity index (χ4n) is 5.10. The Morgan fingerprint density at radius 3 is 2.30 bits per heavy atom. The number of carbonyl (C=O) groups excluding carboxylic acids is 1. The number of aryl methyl sites for hydroxylation is 1. The predicted molar refractivity (Wildman–Crippen MR) is 158 cm³/mol. The van der Waals surface area contributed by atoms with E-state index in [0.717, 1.165) is 0 Å². The number of aromatic nitrogens is 7. The van der Waals surface area contributed by atoms with E-state index in [2.05, 4.69) is 40.7 Å². The maximum absolute atomic E-state index is 13.8. The third-order valence-electron chi connectivity index (χ3n) is 7.26. The van der Waals surface area contributed by atoms with Crippen LogP contribution in [0, 0.1) is 0 Å². The van der Waals surface area contributed by atoms with E-state index in [1.165, 1.54) is 36.1 Å². The second kappa shape index (κ2) is 13.8. The molecule has 0 aromatic carbocycles. The lowest BCUT2D eigenvalue weighted by molar-refractivity contribution is -0.137. The Morgan fingerprint density at radius 2 is 1.74 bits per heavy atom. The molecule has 0 radical (unpaired) electrons. The average molecular weight is 667 g/mol. The van der Waals surface area contributed by atoms with Crippen LogP contribution in [0.25, 0.3) is 22.5 Å². The first-order valence-corrected chi connectivity index (χ1v) is 14.4. The Hall–Kier alpha value is -4.67. The Morgan fingerprint density at radius 1 is 1.04 bits per heavy atom. The van der Waals surface area contributed by atoms with Gasteiger partial charge in [-0.05, 0) is 37.8 Å². The molecule has 2 amide bonds. The molecule has 4 aromatic heterocycles. The topological polar surface area (TPSA) is 136 Å². The van der Waals surface area contributed by atoms with Crippen molar-refractivity contribution in [2.75, 3.05) is 23.9 Å². The molecule has 1 saturated carbocycles. The fourth-order valence-corrected chi connectivity index (χ4v) is 5.37. The molecule has 1 aliphatic carbocycles. The molecule has 1 aliphatic rings. The Kier molecular flexibility index (Phi) is 9.79. The van der Waals surface area contributed by atoms with Gasteiger partial charge in [0.05, 0.1) is 18.7 Å². The molecule has 244 valence electrons. The van der Waals surface area contributed by atoms with Crippen molar-refractivity contribution in [1.29, 1.82) is 0 Å². The van der Waals surface area contributed by atoms with Gasteiger partial charge in [-0.1, -0.05) is 11.6 Å². The Labute approximate surface area is 264 Å². The number of pyridine rings is 1. The van der Waals surface area contributed by atoms with Crippen molar-refractivity contribution in [2.45, 2.75) is 50.4 Å². The molecule has 0 spiro atoms. The minimum absolute atomic E-state index is 0.00217. The standard InChI is InChI=1S/C28H28ClF5N10O2/c1-43-14-20(29)24(42-43)23-19(28(32,33)34)12-36-25(41-23)40-17-4-6-18(7-5-17)44(27(45)39-13-21(30)31)22-8-3-15(9-35-22)16-10-37-26(46-2)38-11-16/h3,8-12,14,17-18,21H,4-7,13H2,1-2H3,(H,39,45)(H,36,40,41). The van der Waals surface area contributed by atoms with E-state index >= 15 is 0 Å². The third kappa shape index (κ3) is 7.58. The summed E-state index contributed by atoms with van der Waals surface area (Å²) in [6.07, 6.45) is 0.982.